The summed E-state index contributed by atoms with van der Waals surface area (Å²) in [6.07, 6.45) is 1.89. The molecule has 1 amide bonds. The number of carbonyl (C=O) groups excluding carboxylic acids is 1. The van der Waals surface area contributed by atoms with Crippen molar-refractivity contribution in [2.75, 3.05) is 4.90 Å². The quantitative estimate of drug-likeness (QED) is 0.915. The summed E-state index contributed by atoms with van der Waals surface area (Å²) < 4.78 is 0. The fraction of sp³-hybridized carbons (Fsp3) is 0.188. The predicted molar refractivity (Wildman–Crippen MR) is 77.4 cm³/mol. The van der Waals surface area contributed by atoms with Crippen LogP contribution in [0.5, 0.6) is 0 Å². The molecule has 0 spiro atoms. The maximum absolute atomic E-state index is 12.7. The van der Waals surface area contributed by atoms with Gasteiger partial charge < -0.3 is 5.11 Å². The Morgan fingerprint density at radius 3 is 2.76 bits per heavy atom. The number of carboxylic acids is 1. The Labute approximate surface area is 121 Å². The van der Waals surface area contributed by atoms with Gasteiger partial charge in [0.05, 0.1) is 0 Å². The summed E-state index contributed by atoms with van der Waals surface area (Å²) >= 11 is 0. The van der Waals surface area contributed by atoms with Crippen molar-refractivity contribution in [3.05, 3.63) is 59.4 Å². The van der Waals surface area contributed by atoms with Crippen LogP contribution in [0.25, 0.3) is 0 Å². The molecule has 1 N–H and O–H groups in total. The Morgan fingerprint density at radius 2 is 2.05 bits per heavy atom. The molecule has 0 fully saturated rings. The molecule has 21 heavy (non-hydrogen) atoms. The van der Waals surface area contributed by atoms with Gasteiger partial charge in [0.15, 0.2) is 0 Å². The molecule has 1 aromatic carbocycles. The lowest BCUT2D eigenvalue weighted by molar-refractivity contribution is -0.138. The average molecular weight is 282 g/mol. The molecule has 1 aliphatic rings. The van der Waals surface area contributed by atoms with E-state index in [1.165, 1.54) is 4.90 Å². The van der Waals surface area contributed by atoms with Crippen LogP contribution in [0.1, 0.15) is 21.6 Å². The summed E-state index contributed by atoms with van der Waals surface area (Å²) in [5.74, 6) is -1.30. The molecule has 0 saturated carbocycles. The lowest BCUT2D eigenvalue weighted by Crippen LogP contribution is -2.42. The number of fused-ring (bicyclic) bond motifs is 1. The highest BCUT2D eigenvalue weighted by Crippen LogP contribution is 2.33. The molecule has 1 atom stereocenters. The van der Waals surface area contributed by atoms with Crippen molar-refractivity contribution in [2.45, 2.75) is 19.4 Å². The van der Waals surface area contributed by atoms with Gasteiger partial charge in [-0.15, -0.1) is 0 Å². The zero-order chi connectivity index (χ0) is 15.0. The van der Waals surface area contributed by atoms with Gasteiger partial charge >= 0.3 is 5.97 Å². The third-order valence-corrected chi connectivity index (χ3v) is 3.62. The number of carbonyl (C=O) groups is 2. The number of para-hydroxylation sites is 1. The molecular formula is C16H14N2O3. The lowest BCUT2D eigenvalue weighted by atomic mass is 10.1. The summed E-state index contributed by atoms with van der Waals surface area (Å²) in [7, 11) is 0. The van der Waals surface area contributed by atoms with Gasteiger partial charge in [0.1, 0.15) is 6.04 Å². The van der Waals surface area contributed by atoms with Crippen LogP contribution in [0.2, 0.25) is 0 Å². The van der Waals surface area contributed by atoms with E-state index in [9.17, 15) is 14.7 Å². The number of amides is 1. The van der Waals surface area contributed by atoms with Crippen molar-refractivity contribution in [3.63, 3.8) is 0 Å². The van der Waals surface area contributed by atoms with E-state index in [0.29, 0.717) is 17.7 Å². The molecule has 2 aromatic rings. The van der Waals surface area contributed by atoms with E-state index in [2.05, 4.69) is 4.98 Å². The summed E-state index contributed by atoms with van der Waals surface area (Å²) in [6.45, 7) is 1.80. The molecule has 5 heteroatoms. The van der Waals surface area contributed by atoms with Crippen LogP contribution in [0.15, 0.2) is 42.6 Å². The normalized spacial score (nSPS) is 16.6. The van der Waals surface area contributed by atoms with Gasteiger partial charge in [0.25, 0.3) is 5.91 Å². The van der Waals surface area contributed by atoms with Gasteiger partial charge in [-0.3, -0.25) is 14.7 Å². The predicted octanol–water partition coefficient (Wildman–Crippen LogP) is 2.05. The Morgan fingerprint density at radius 1 is 1.29 bits per heavy atom. The molecule has 0 unspecified atom stereocenters. The van der Waals surface area contributed by atoms with Gasteiger partial charge in [-0.05, 0) is 30.7 Å². The Kier molecular flexibility index (Phi) is 3.17. The lowest BCUT2D eigenvalue weighted by Gasteiger charge is -2.22. The van der Waals surface area contributed by atoms with Crippen molar-refractivity contribution >= 4 is 17.6 Å². The minimum Gasteiger partial charge on any atom is -0.480 e. The Hall–Kier alpha value is -2.69. The van der Waals surface area contributed by atoms with Crippen LogP contribution in [-0.2, 0) is 11.2 Å². The van der Waals surface area contributed by atoms with E-state index < -0.39 is 12.0 Å². The SMILES string of the molecule is Cc1cc(C(=O)N2c3ccccc3C[C@H]2C(=O)O)ccn1. The summed E-state index contributed by atoms with van der Waals surface area (Å²) in [5, 5.41) is 9.40. The summed E-state index contributed by atoms with van der Waals surface area (Å²) in [5.41, 5.74) is 2.72. The van der Waals surface area contributed by atoms with Crippen molar-refractivity contribution < 1.29 is 14.7 Å². The van der Waals surface area contributed by atoms with Crippen molar-refractivity contribution in [2.24, 2.45) is 0 Å². The summed E-state index contributed by atoms with van der Waals surface area (Å²) in [4.78, 5) is 29.6. The topological polar surface area (TPSA) is 70.5 Å². The molecule has 0 aliphatic carbocycles. The molecule has 0 bridgehead atoms. The maximum atomic E-state index is 12.7. The van der Waals surface area contributed by atoms with Crippen molar-refractivity contribution in [3.8, 4) is 0 Å². The van der Waals surface area contributed by atoms with Gasteiger partial charge in [-0.2, -0.15) is 0 Å². The fourth-order valence-electron chi connectivity index (χ4n) is 2.65. The number of anilines is 1. The second-order valence-corrected chi connectivity index (χ2v) is 5.05. The molecular weight excluding hydrogens is 268 g/mol. The second kappa shape index (κ2) is 5.01. The number of pyridine rings is 1. The number of carboxylic acid groups (broad SMARTS) is 1. The minimum absolute atomic E-state index is 0.308. The number of aliphatic carboxylic acids is 1. The molecule has 1 aromatic heterocycles. The number of hydrogen-bond acceptors (Lipinski definition) is 3. The molecule has 1 aliphatic heterocycles. The largest absolute Gasteiger partial charge is 0.480 e. The Balaban J connectivity index is 2.05. The second-order valence-electron chi connectivity index (χ2n) is 5.05. The number of aromatic nitrogens is 1. The van der Waals surface area contributed by atoms with Crippen LogP contribution in [0, 0.1) is 6.92 Å². The van der Waals surface area contributed by atoms with Crippen LogP contribution in [0.3, 0.4) is 0 Å². The van der Waals surface area contributed by atoms with E-state index in [0.717, 1.165) is 11.3 Å². The fourth-order valence-corrected chi connectivity index (χ4v) is 2.65. The zero-order valence-electron chi connectivity index (χ0n) is 11.5. The monoisotopic (exact) mass is 282 g/mol. The van der Waals surface area contributed by atoms with E-state index in [-0.39, 0.29) is 5.91 Å². The van der Waals surface area contributed by atoms with Gasteiger partial charge in [0, 0.05) is 29.6 Å². The molecule has 2 heterocycles. The third kappa shape index (κ3) is 2.27. The standard InChI is InChI=1S/C16H14N2O3/c1-10-8-12(6-7-17-10)15(19)18-13-5-3-2-4-11(13)9-14(18)16(20)21/h2-8,14H,9H2,1H3,(H,20,21)/t14-/m0/s1. The minimum atomic E-state index is -0.995. The number of rotatable bonds is 2. The highest BCUT2D eigenvalue weighted by atomic mass is 16.4. The van der Waals surface area contributed by atoms with Crippen molar-refractivity contribution in [1.82, 2.24) is 4.98 Å². The Bertz CT molecular complexity index is 727. The third-order valence-electron chi connectivity index (χ3n) is 3.62. The maximum Gasteiger partial charge on any atom is 0.327 e. The van der Waals surface area contributed by atoms with Crippen LogP contribution in [0.4, 0.5) is 5.69 Å². The average Bonchev–Trinajstić information content (AvgIpc) is 2.86. The van der Waals surface area contributed by atoms with Crippen LogP contribution in [-0.4, -0.2) is 28.0 Å². The molecule has 0 saturated heterocycles. The number of hydrogen-bond donors (Lipinski definition) is 1. The molecule has 5 nitrogen and oxygen atoms in total. The first kappa shape index (κ1) is 13.3. The number of aryl methyl sites for hydroxylation is 1. The van der Waals surface area contributed by atoms with E-state index in [1.54, 1.807) is 37.4 Å². The molecule has 106 valence electrons. The molecule has 3 rings (SSSR count). The van der Waals surface area contributed by atoms with Gasteiger partial charge in [-0.25, -0.2) is 4.79 Å². The zero-order valence-corrected chi connectivity index (χ0v) is 11.5. The van der Waals surface area contributed by atoms with Crippen LogP contribution < -0.4 is 4.90 Å². The number of nitrogens with zero attached hydrogens (tertiary/aromatic N) is 2. The van der Waals surface area contributed by atoms with Gasteiger partial charge in [-0.1, -0.05) is 18.2 Å². The van der Waals surface area contributed by atoms with Crippen LogP contribution >= 0.6 is 0 Å². The highest BCUT2D eigenvalue weighted by molar-refractivity contribution is 6.10. The first-order chi connectivity index (χ1) is 10.1. The molecule has 0 radical (unpaired) electrons. The highest BCUT2D eigenvalue weighted by Gasteiger charge is 2.38. The first-order valence-electron chi connectivity index (χ1n) is 6.65. The first-order valence-corrected chi connectivity index (χ1v) is 6.65. The van der Waals surface area contributed by atoms with Gasteiger partial charge in [0.2, 0.25) is 0 Å². The van der Waals surface area contributed by atoms with E-state index in [4.69, 9.17) is 0 Å². The van der Waals surface area contributed by atoms with Crippen molar-refractivity contribution in [1.29, 1.82) is 0 Å². The van der Waals surface area contributed by atoms with E-state index in [1.807, 2.05) is 12.1 Å². The summed E-state index contributed by atoms with van der Waals surface area (Å²) in [6, 6.07) is 9.71. The smallest absolute Gasteiger partial charge is 0.327 e. The van der Waals surface area contributed by atoms with E-state index >= 15 is 0 Å². The number of benzene rings is 1.